The van der Waals surface area contributed by atoms with Crippen molar-refractivity contribution in [3.63, 3.8) is 0 Å². The van der Waals surface area contributed by atoms with E-state index < -0.39 is 0 Å². The minimum atomic E-state index is -0.263. The number of hydrogen-bond donors (Lipinski definition) is 0. The van der Waals surface area contributed by atoms with E-state index in [-0.39, 0.29) is 5.38 Å². The first-order chi connectivity index (χ1) is 8.10. The van der Waals surface area contributed by atoms with Crippen LogP contribution in [0.5, 0.6) is 5.75 Å². The number of aldehydes is 1. The van der Waals surface area contributed by atoms with E-state index in [0.29, 0.717) is 28.6 Å². The second kappa shape index (κ2) is 7.10. The number of rotatable bonds is 6. The van der Waals surface area contributed by atoms with E-state index in [4.69, 9.17) is 39.5 Å². The van der Waals surface area contributed by atoms with Crippen LogP contribution in [-0.4, -0.2) is 13.4 Å². The number of ether oxygens (including phenoxy) is 1. The summed E-state index contributed by atoms with van der Waals surface area (Å²) in [5.74, 6) is 0.544. The van der Waals surface area contributed by atoms with Crippen LogP contribution in [0.25, 0.3) is 0 Å². The van der Waals surface area contributed by atoms with Crippen LogP contribution in [0.2, 0.25) is 10.0 Å². The topological polar surface area (TPSA) is 26.3 Å². The number of carbonyl (C=O) groups is 1. The van der Waals surface area contributed by atoms with Gasteiger partial charge in [-0.15, -0.1) is 11.6 Å². The number of alkyl halides is 1. The average Bonchev–Trinajstić information content (AvgIpc) is 2.28. The summed E-state index contributed by atoms with van der Waals surface area (Å²) in [5, 5.41) is 0.698. The molecule has 0 N–H and O–H groups in total. The van der Waals surface area contributed by atoms with E-state index >= 15 is 0 Å². The maximum Gasteiger partial charge on any atom is 0.142 e. The van der Waals surface area contributed by atoms with Crippen molar-refractivity contribution >= 4 is 41.1 Å². The molecule has 0 spiro atoms. The fourth-order valence-electron chi connectivity index (χ4n) is 1.56. The van der Waals surface area contributed by atoms with Crippen LogP contribution in [0.15, 0.2) is 12.1 Å². The molecule has 0 bridgehead atoms. The summed E-state index contributed by atoms with van der Waals surface area (Å²) in [6.07, 6.45) is 2.78. The zero-order chi connectivity index (χ0) is 12.8. The molecule has 0 heterocycles. The van der Waals surface area contributed by atoms with Gasteiger partial charge in [0.05, 0.1) is 17.5 Å². The normalized spacial score (nSPS) is 12.2. The van der Waals surface area contributed by atoms with Crippen LogP contribution in [0, 0.1) is 0 Å². The molecule has 0 aromatic heterocycles. The summed E-state index contributed by atoms with van der Waals surface area (Å²) in [4.78, 5) is 10.2. The Bertz CT molecular complexity index is 394. The zero-order valence-corrected chi connectivity index (χ0v) is 11.6. The Kier molecular flexibility index (Phi) is 6.10. The van der Waals surface area contributed by atoms with Crippen molar-refractivity contribution in [1.82, 2.24) is 0 Å². The highest BCUT2D eigenvalue weighted by Gasteiger charge is 2.17. The average molecular weight is 296 g/mol. The van der Waals surface area contributed by atoms with Gasteiger partial charge in [0.1, 0.15) is 12.0 Å². The van der Waals surface area contributed by atoms with Crippen molar-refractivity contribution in [3.8, 4) is 5.75 Å². The Hall–Kier alpha value is -0.440. The van der Waals surface area contributed by atoms with Crippen molar-refractivity contribution < 1.29 is 9.53 Å². The van der Waals surface area contributed by atoms with Crippen molar-refractivity contribution in [2.75, 3.05) is 7.11 Å². The first-order valence-corrected chi connectivity index (χ1v) is 6.40. The van der Waals surface area contributed by atoms with Gasteiger partial charge in [0.2, 0.25) is 0 Å². The minimum Gasteiger partial charge on any atom is -0.495 e. The van der Waals surface area contributed by atoms with Crippen LogP contribution in [0.4, 0.5) is 0 Å². The molecule has 2 nitrogen and oxygen atoms in total. The van der Waals surface area contributed by atoms with E-state index in [2.05, 4.69) is 0 Å². The van der Waals surface area contributed by atoms with Gasteiger partial charge in [-0.25, -0.2) is 0 Å². The lowest BCUT2D eigenvalue weighted by Gasteiger charge is -2.15. The highest BCUT2D eigenvalue weighted by molar-refractivity contribution is 6.36. The SMILES string of the molecule is COc1c(Cl)cc(Cl)cc1C(Cl)CCCC=O. The van der Waals surface area contributed by atoms with Gasteiger partial charge in [0.15, 0.2) is 0 Å². The summed E-state index contributed by atoms with van der Waals surface area (Å²) < 4.78 is 5.21. The smallest absolute Gasteiger partial charge is 0.142 e. The first kappa shape index (κ1) is 14.6. The van der Waals surface area contributed by atoms with Gasteiger partial charge in [0.25, 0.3) is 0 Å². The predicted octanol–water partition coefficient (Wildman–Crippen LogP) is 4.65. The molecule has 1 rings (SSSR count). The number of unbranched alkanes of at least 4 members (excludes halogenated alkanes) is 1. The fourth-order valence-corrected chi connectivity index (χ4v) is 2.47. The van der Waals surface area contributed by atoms with Gasteiger partial charge in [-0.2, -0.15) is 0 Å². The molecule has 0 amide bonds. The summed E-state index contributed by atoms with van der Waals surface area (Å²) >= 11 is 18.2. The highest BCUT2D eigenvalue weighted by atomic mass is 35.5. The predicted molar refractivity (Wildman–Crippen MR) is 71.5 cm³/mol. The fraction of sp³-hybridized carbons (Fsp3) is 0.417. The van der Waals surface area contributed by atoms with E-state index in [1.165, 1.54) is 7.11 Å². The summed E-state index contributed by atoms with van der Waals surface area (Å²) in [5.41, 5.74) is 0.762. The van der Waals surface area contributed by atoms with Gasteiger partial charge >= 0.3 is 0 Å². The van der Waals surface area contributed by atoms with E-state index in [1.54, 1.807) is 12.1 Å². The molecule has 17 heavy (non-hydrogen) atoms. The lowest BCUT2D eigenvalue weighted by atomic mass is 10.1. The molecule has 0 aliphatic carbocycles. The molecular formula is C12H13Cl3O2. The molecule has 0 saturated heterocycles. The third-order valence-corrected chi connectivity index (χ3v) is 3.31. The van der Waals surface area contributed by atoms with E-state index in [9.17, 15) is 4.79 Å². The Balaban J connectivity index is 2.90. The van der Waals surface area contributed by atoms with Crippen LogP contribution in [0.1, 0.15) is 30.2 Å². The monoisotopic (exact) mass is 294 g/mol. The van der Waals surface area contributed by atoms with Gasteiger partial charge in [-0.05, 0) is 25.0 Å². The van der Waals surface area contributed by atoms with E-state index in [1.807, 2.05) is 0 Å². The van der Waals surface area contributed by atoms with Gasteiger partial charge in [0, 0.05) is 17.0 Å². The molecule has 0 fully saturated rings. The van der Waals surface area contributed by atoms with Crippen LogP contribution >= 0.6 is 34.8 Å². The molecule has 0 aliphatic heterocycles. The molecule has 94 valence electrons. The van der Waals surface area contributed by atoms with Gasteiger partial charge < -0.3 is 9.53 Å². The second-order valence-corrected chi connectivity index (χ2v) is 4.95. The van der Waals surface area contributed by atoms with E-state index in [0.717, 1.165) is 18.3 Å². The maximum atomic E-state index is 10.2. The van der Waals surface area contributed by atoms with Crippen molar-refractivity contribution in [1.29, 1.82) is 0 Å². The Morgan fingerprint density at radius 1 is 1.41 bits per heavy atom. The Morgan fingerprint density at radius 2 is 2.12 bits per heavy atom. The molecule has 0 radical (unpaired) electrons. The number of halogens is 3. The molecule has 5 heteroatoms. The Labute approximate surface area is 116 Å². The number of hydrogen-bond acceptors (Lipinski definition) is 2. The second-order valence-electron chi connectivity index (χ2n) is 3.58. The molecular weight excluding hydrogens is 282 g/mol. The molecule has 1 unspecified atom stereocenters. The highest BCUT2D eigenvalue weighted by Crippen LogP contribution is 2.39. The third-order valence-electron chi connectivity index (χ3n) is 2.36. The van der Waals surface area contributed by atoms with Crippen molar-refractivity contribution in [3.05, 3.63) is 27.7 Å². The number of methoxy groups -OCH3 is 1. The van der Waals surface area contributed by atoms with Crippen LogP contribution in [0.3, 0.4) is 0 Å². The van der Waals surface area contributed by atoms with Crippen molar-refractivity contribution in [2.24, 2.45) is 0 Å². The number of carbonyl (C=O) groups excluding carboxylic acids is 1. The molecule has 1 aromatic carbocycles. The summed E-state index contributed by atoms with van der Waals surface area (Å²) in [6.45, 7) is 0. The molecule has 0 aliphatic rings. The largest absolute Gasteiger partial charge is 0.495 e. The van der Waals surface area contributed by atoms with Gasteiger partial charge in [-0.3, -0.25) is 0 Å². The quantitative estimate of drug-likeness (QED) is 0.434. The van der Waals surface area contributed by atoms with Crippen LogP contribution < -0.4 is 4.74 Å². The molecule has 1 aromatic rings. The minimum absolute atomic E-state index is 0.263. The first-order valence-electron chi connectivity index (χ1n) is 5.20. The van der Waals surface area contributed by atoms with Gasteiger partial charge in [-0.1, -0.05) is 23.2 Å². The standard InChI is InChI=1S/C12H13Cl3O2/c1-17-12-9(6-8(13)7-11(12)15)10(14)4-2-3-5-16/h5-7,10H,2-4H2,1H3. The van der Waals surface area contributed by atoms with Crippen LogP contribution in [-0.2, 0) is 4.79 Å². The molecule has 1 atom stereocenters. The summed E-state index contributed by atoms with van der Waals surface area (Å²) in [7, 11) is 1.54. The third kappa shape index (κ3) is 4.06. The summed E-state index contributed by atoms with van der Waals surface area (Å²) in [6, 6.07) is 3.35. The number of benzene rings is 1. The molecule has 0 saturated carbocycles. The lowest BCUT2D eigenvalue weighted by molar-refractivity contribution is -0.107. The van der Waals surface area contributed by atoms with Crippen molar-refractivity contribution in [2.45, 2.75) is 24.6 Å². The maximum absolute atomic E-state index is 10.2. The Morgan fingerprint density at radius 3 is 2.71 bits per heavy atom. The lowest BCUT2D eigenvalue weighted by Crippen LogP contribution is -1.97. The zero-order valence-electron chi connectivity index (χ0n) is 9.38.